The zero-order valence-corrected chi connectivity index (χ0v) is 10.9. The molecular formula is C13H14N4O3. The minimum Gasteiger partial charge on any atom is -0.309 e. The Bertz CT molecular complexity index is 619. The summed E-state index contributed by atoms with van der Waals surface area (Å²) in [5.41, 5.74) is 1.66. The Morgan fingerprint density at radius 3 is 2.65 bits per heavy atom. The van der Waals surface area contributed by atoms with Gasteiger partial charge in [0.15, 0.2) is 5.82 Å². The second-order valence-electron chi connectivity index (χ2n) is 4.28. The molecule has 7 nitrogen and oxygen atoms in total. The quantitative estimate of drug-likeness (QED) is 0.643. The van der Waals surface area contributed by atoms with E-state index in [9.17, 15) is 14.9 Å². The summed E-state index contributed by atoms with van der Waals surface area (Å²) in [4.78, 5) is 21.8. The van der Waals surface area contributed by atoms with Gasteiger partial charge in [-0.15, -0.1) is 0 Å². The van der Waals surface area contributed by atoms with Crippen LogP contribution in [0.25, 0.3) is 0 Å². The van der Waals surface area contributed by atoms with Crippen LogP contribution in [0.3, 0.4) is 0 Å². The fourth-order valence-corrected chi connectivity index (χ4v) is 1.71. The van der Waals surface area contributed by atoms with E-state index >= 15 is 0 Å². The van der Waals surface area contributed by atoms with Gasteiger partial charge in [0.05, 0.1) is 11.3 Å². The molecule has 1 heterocycles. The zero-order valence-electron chi connectivity index (χ0n) is 10.9. The molecule has 0 radical (unpaired) electrons. The van der Waals surface area contributed by atoms with Crippen LogP contribution in [0.15, 0.2) is 30.3 Å². The average molecular weight is 274 g/mol. The van der Waals surface area contributed by atoms with Crippen LogP contribution in [0.2, 0.25) is 0 Å². The normalized spacial score (nSPS) is 10.2. The molecule has 0 aliphatic heterocycles. The van der Waals surface area contributed by atoms with Crippen molar-refractivity contribution in [1.82, 2.24) is 10.2 Å². The highest BCUT2D eigenvalue weighted by Gasteiger charge is 2.09. The third-order valence-corrected chi connectivity index (χ3v) is 2.79. The van der Waals surface area contributed by atoms with Gasteiger partial charge in [0.1, 0.15) is 0 Å². The first kappa shape index (κ1) is 13.7. The predicted octanol–water partition coefficient (Wildman–Crippen LogP) is 2.06. The second-order valence-corrected chi connectivity index (χ2v) is 4.28. The van der Waals surface area contributed by atoms with Gasteiger partial charge in [-0.25, -0.2) is 0 Å². The molecule has 0 bridgehead atoms. The topological polar surface area (TPSA) is 101 Å². The van der Waals surface area contributed by atoms with Gasteiger partial charge in [-0.1, -0.05) is 19.1 Å². The number of non-ortho nitro benzene ring substituents is 1. The highest BCUT2D eigenvalue weighted by Crippen LogP contribution is 2.13. The van der Waals surface area contributed by atoms with Crippen LogP contribution in [0.5, 0.6) is 0 Å². The lowest BCUT2D eigenvalue weighted by Gasteiger charge is -2.01. The van der Waals surface area contributed by atoms with Gasteiger partial charge in [0.25, 0.3) is 5.69 Å². The van der Waals surface area contributed by atoms with E-state index in [4.69, 9.17) is 0 Å². The Kier molecular flexibility index (Phi) is 4.09. The number of hydrogen-bond acceptors (Lipinski definition) is 4. The molecule has 2 aromatic rings. The van der Waals surface area contributed by atoms with Crippen molar-refractivity contribution in [3.63, 3.8) is 0 Å². The lowest BCUT2D eigenvalue weighted by molar-refractivity contribution is -0.384. The number of rotatable bonds is 5. The van der Waals surface area contributed by atoms with E-state index in [1.54, 1.807) is 18.2 Å². The Hall–Kier alpha value is -2.70. The molecule has 1 amide bonds. The number of aromatic amines is 1. The van der Waals surface area contributed by atoms with Crippen LogP contribution in [0, 0.1) is 10.1 Å². The van der Waals surface area contributed by atoms with Gasteiger partial charge >= 0.3 is 0 Å². The molecule has 7 heteroatoms. The van der Waals surface area contributed by atoms with Crippen LogP contribution in [-0.2, 0) is 17.6 Å². The SMILES string of the molecule is CCc1cc(NC(=O)Cc2ccc([N+](=O)[O-])cc2)n[nH]1. The number of carbonyl (C=O) groups excluding carboxylic acids is 1. The third kappa shape index (κ3) is 3.41. The molecule has 2 N–H and O–H groups in total. The molecule has 0 aliphatic rings. The highest BCUT2D eigenvalue weighted by atomic mass is 16.6. The number of carbonyl (C=O) groups is 1. The summed E-state index contributed by atoms with van der Waals surface area (Å²) in [6, 6.07) is 7.67. The fourth-order valence-electron chi connectivity index (χ4n) is 1.71. The molecule has 20 heavy (non-hydrogen) atoms. The summed E-state index contributed by atoms with van der Waals surface area (Å²) in [6.07, 6.45) is 0.956. The van der Waals surface area contributed by atoms with Crippen molar-refractivity contribution in [2.75, 3.05) is 5.32 Å². The van der Waals surface area contributed by atoms with Crippen molar-refractivity contribution in [3.05, 3.63) is 51.7 Å². The number of nitro benzene ring substituents is 1. The average Bonchev–Trinajstić information content (AvgIpc) is 2.86. The molecule has 0 saturated carbocycles. The lowest BCUT2D eigenvalue weighted by Crippen LogP contribution is -2.14. The van der Waals surface area contributed by atoms with E-state index in [1.807, 2.05) is 6.92 Å². The summed E-state index contributed by atoms with van der Waals surface area (Å²) in [5.74, 6) is 0.266. The fraction of sp³-hybridized carbons (Fsp3) is 0.231. The zero-order chi connectivity index (χ0) is 14.5. The van der Waals surface area contributed by atoms with Gasteiger partial charge in [-0.05, 0) is 12.0 Å². The van der Waals surface area contributed by atoms with Gasteiger partial charge in [0.2, 0.25) is 5.91 Å². The van der Waals surface area contributed by atoms with Crippen molar-refractivity contribution < 1.29 is 9.72 Å². The van der Waals surface area contributed by atoms with E-state index < -0.39 is 4.92 Å². The number of H-pyrrole nitrogens is 1. The molecule has 0 unspecified atom stereocenters. The van der Waals surface area contributed by atoms with Crippen LogP contribution in [0.4, 0.5) is 11.5 Å². The number of hydrogen-bond donors (Lipinski definition) is 2. The number of amides is 1. The molecule has 1 aromatic carbocycles. The van der Waals surface area contributed by atoms with E-state index in [2.05, 4.69) is 15.5 Å². The Balaban J connectivity index is 1.95. The molecule has 0 spiro atoms. The van der Waals surface area contributed by atoms with Crippen LogP contribution < -0.4 is 5.32 Å². The maximum atomic E-state index is 11.8. The van der Waals surface area contributed by atoms with Crippen molar-refractivity contribution in [2.24, 2.45) is 0 Å². The smallest absolute Gasteiger partial charge is 0.269 e. The molecular weight excluding hydrogens is 260 g/mol. The molecule has 0 fully saturated rings. The number of aromatic nitrogens is 2. The second kappa shape index (κ2) is 5.96. The number of nitro groups is 1. The first-order valence-corrected chi connectivity index (χ1v) is 6.16. The van der Waals surface area contributed by atoms with Crippen molar-refractivity contribution >= 4 is 17.4 Å². The standard InChI is InChI=1S/C13H14N4O3/c1-2-10-8-12(16-15-10)14-13(18)7-9-3-5-11(6-4-9)17(19)20/h3-6,8H,2,7H2,1H3,(H2,14,15,16,18). The van der Waals surface area contributed by atoms with Crippen molar-refractivity contribution in [1.29, 1.82) is 0 Å². The Labute approximate surface area is 115 Å². The molecule has 104 valence electrons. The number of aryl methyl sites for hydroxylation is 1. The highest BCUT2D eigenvalue weighted by molar-refractivity contribution is 5.91. The number of anilines is 1. The van der Waals surface area contributed by atoms with E-state index in [0.717, 1.165) is 12.1 Å². The van der Waals surface area contributed by atoms with Gasteiger partial charge in [-0.3, -0.25) is 20.0 Å². The largest absolute Gasteiger partial charge is 0.309 e. The van der Waals surface area contributed by atoms with Crippen LogP contribution >= 0.6 is 0 Å². The number of benzene rings is 1. The van der Waals surface area contributed by atoms with E-state index in [-0.39, 0.29) is 18.0 Å². The summed E-state index contributed by atoms with van der Waals surface area (Å²) in [6.45, 7) is 1.98. The Morgan fingerprint density at radius 1 is 1.40 bits per heavy atom. The first-order chi connectivity index (χ1) is 9.58. The molecule has 0 atom stereocenters. The third-order valence-electron chi connectivity index (χ3n) is 2.79. The van der Waals surface area contributed by atoms with Crippen LogP contribution in [-0.4, -0.2) is 21.0 Å². The monoisotopic (exact) mass is 274 g/mol. The van der Waals surface area contributed by atoms with E-state index in [0.29, 0.717) is 11.4 Å². The van der Waals surface area contributed by atoms with Gasteiger partial charge in [0, 0.05) is 23.9 Å². The summed E-state index contributed by atoms with van der Waals surface area (Å²) < 4.78 is 0. The van der Waals surface area contributed by atoms with Crippen molar-refractivity contribution in [3.8, 4) is 0 Å². The van der Waals surface area contributed by atoms with Gasteiger partial charge < -0.3 is 5.32 Å². The number of nitrogens with zero attached hydrogens (tertiary/aromatic N) is 2. The predicted molar refractivity (Wildman–Crippen MR) is 73.4 cm³/mol. The van der Waals surface area contributed by atoms with E-state index in [1.165, 1.54) is 12.1 Å². The lowest BCUT2D eigenvalue weighted by atomic mass is 10.1. The summed E-state index contributed by atoms with van der Waals surface area (Å²) in [7, 11) is 0. The first-order valence-electron chi connectivity index (χ1n) is 6.16. The Morgan fingerprint density at radius 2 is 2.10 bits per heavy atom. The molecule has 2 rings (SSSR count). The maximum Gasteiger partial charge on any atom is 0.269 e. The summed E-state index contributed by atoms with van der Waals surface area (Å²) >= 11 is 0. The summed E-state index contributed by atoms with van der Waals surface area (Å²) in [5, 5.41) is 20.0. The minimum absolute atomic E-state index is 0.00838. The van der Waals surface area contributed by atoms with Crippen LogP contribution in [0.1, 0.15) is 18.2 Å². The van der Waals surface area contributed by atoms with Gasteiger partial charge in [-0.2, -0.15) is 5.10 Å². The maximum absolute atomic E-state index is 11.8. The van der Waals surface area contributed by atoms with Crippen molar-refractivity contribution in [2.45, 2.75) is 19.8 Å². The molecule has 1 aromatic heterocycles. The number of nitrogens with one attached hydrogen (secondary N) is 2. The molecule has 0 saturated heterocycles. The molecule has 0 aliphatic carbocycles. The minimum atomic E-state index is -0.472.